The Bertz CT molecular complexity index is 125. The van der Waals surface area contributed by atoms with Gasteiger partial charge in [0.15, 0.2) is 5.96 Å². The second-order valence-corrected chi connectivity index (χ2v) is 2.56. The van der Waals surface area contributed by atoms with E-state index in [9.17, 15) is 0 Å². The second-order valence-electron chi connectivity index (χ2n) is 2.56. The van der Waals surface area contributed by atoms with E-state index in [4.69, 9.17) is 0 Å². The number of aliphatic imine (C=N–C) groups is 1. The van der Waals surface area contributed by atoms with Gasteiger partial charge in [0.25, 0.3) is 0 Å². The van der Waals surface area contributed by atoms with Crippen molar-refractivity contribution in [2.24, 2.45) is 4.99 Å². The molecule has 0 amide bonds. The van der Waals surface area contributed by atoms with Crippen LogP contribution in [0.4, 0.5) is 0 Å². The molecule has 12 heavy (non-hydrogen) atoms. The van der Waals surface area contributed by atoms with E-state index in [0.717, 1.165) is 18.9 Å². The highest BCUT2D eigenvalue weighted by atomic mass is 127. The molecule has 0 radical (unpaired) electrons. The van der Waals surface area contributed by atoms with Crippen molar-refractivity contribution in [2.45, 2.75) is 33.2 Å². The molecule has 3 nitrogen and oxygen atoms in total. The summed E-state index contributed by atoms with van der Waals surface area (Å²) in [4.78, 5) is 4.06. The summed E-state index contributed by atoms with van der Waals surface area (Å²) < 4.78 is 0. The summed E-state index contributed by atoms with van der Waals surface area (Å²) in [5.74, 6) is 0.891. The Morgan fingerprint density at radius 2 is 2.00 bits per heavy atom. The summed E-state index contributed by atoms with van der Waals surface area (Å²) in [7, 11) is 1.79. The first-order chi connectivity index (χ1) is 5.24. The lowest BCUT2D eigenvalue weighted by Crippen LogP contribution is -2.41. The lowest BCUT2D eigenvalue weighted by atomic mass is 10.3. The quantitative estimate of drug-likeness (QED) is 0.469. The molecule has 0 aliphatic rings. The highest BCUT2D eigenvalue weighted by Crippen LogP contribution is 1.86. The summed E-state index contributed by atoms with van der Waals surface area (Å²) in [5, 5.41) is 6.39. The highest BCUT2D eigenvalue weighted by Gasteiger charge is 1.99. The third-order valence-electron chi connectivity index (χ3n) is 1.56. The van der Waals surface area contributed by atoms with Crippen molar-refractivity contribution < 1.29 is 0 Å². The van der Waals surface area contributed by atoms with Gasteiger partial charge in [0.1, 0.15) is 0 Å². The Morgan fingerprint density at radius 3 is 2.33 bits per heavy atom. The first kappa shape index (κ1) is 14.5. The fraction of sp³-hybridized carbons (Fsp3) is 0.875. The van der Waals surface area contributed by atoms with Crippen LogP contribution in [0, 0.1) is 0 Å². The normalized spacial score (nSPS) is 13.2. The number of hydrogen-bond donors (Lipinski definition) is 2. The van der Waals surface area contributed by atoms with Crippen molar-refractivity contribution in [3.63, 3.8) is 0 Å². The molecule has 1 unspecified atom stereocenters. The van der Waals surface area contributed by atoms with Crippen LogP contribution in [-0.4, -0.2) is 25.6 Å². The van der Waals surface area contributed by atoms with Gasteiger partial charge in [0.05, 0.1) is 0 Å². The van der Waals surface area contributed by atoms with Crippen molar-refractivity contribution in [3.8, 4) is 0 Å². The molecule has 0 aliphatic carbocycles. The zero-order valence-electron chi connectivity index (χ0n) is 8.35. The van der Waals surface area contributed by atoms with Crippen LogP contribution >= 0.6 is 24.0 Å². The molecule has 0 aromatic carbocycles. The standard InChI is InChI=1S/C8H19N3.HI/c1-5-7(3)11-8(9-4)10-6-2;/h7H,5-6H2,1-4H3,(H2,9,10,11);1H. The average Bonchev–Trinajstić information content (AvgIpc) is 2.03. The molecule has 0 aliphatic heterocycles. The molecule has 0 aromatic rings. The summed E-state index contributed by atoms with van der Waals surface area (Å²) in [6, 6.07) is 0.493. The Kier molecular flexibility index (Phi) is 11.0. The van der Waals surface area contributed by atoms with Gasteiger partial charge in [-0.25, -0.2) is 0 Å². The summed E-state index contributed by atoms with van der Waals surface area (Å²) >= 11 is 0. The third kappa shape index (κ3) is 6.69. The topological polar surface area (TPSA) is 36.4 Å². The first-order valence-electron chi connectivity index (χ1n) is 4.21. The lowest BCUT2D eigenvalue weighted by Gasteiger charge is -2.15. The SMILES string of the molecule is CCNC(=NC)NC(C)CC.I. The minimum Gasteiger partial charge on any atom is -0.357 e. The van der Waals surface area contributed by atoms with E-state index >= 15 is 0 Å². The first-order valence-corrected chi connectivity index (χ1v) is 4.21. The lowest BCUT2D eigenvalue weighted by molar-refractivity contribution is 0.626. The van der Waals surface area contributed by atoms with Gasteiger partial charge in [-0.2, -0.15) is 0 Å². The molecule has 0 fully saturated rings. The minimum atomic E-state index is 0. The molecule has 74 valence electrons. The summed E-state index contributed by atoms with van der Waals surface area (Å²) in [6.45, 7) is 7.26. The highest BCUT2D eigenvalue weighted by molar-refractivity contribution is 14.0. The van der Waals surface area contributed by atoms with Crippen molar-refractivity contribution in [3.05, 3.63) is 0 Å². The Balaban J connectivity index is 0. The van der Waals surface area contributed by atoms with Crippen molar-refractivity contribution >= 4 is 29.9 Å². The van der Waals surface area contributed by atoms with Crippen LogP contribution in [0.3, 0.4) is 0 Å². The van der Waals surface area contributed by atoms with Crippen LogP contribution in [0.1, 0.15) is 27.2 Å². The van der Waals surface area contributed by atoms with E-state index < -0.39 is 0 Å². The Morgan fingerprint density at radius 1 is 1.42 bits per heavy atom. The fourth-order valence-electron chi connectivity index (χ4n) is 0.698. The van der Waals surface area contributed by atoms with E-state index in [0.29, 0.717) is 6.04 Å². The molecule has 0 rings (SSSR count). The largest absolute Gasteiger partial charge is 0.357 e. The van der Waals surface area contributed by atoms with Gasteiger partial charge >= 0.3 is 0 Å². The van der Waals surface area contributed by atoms with Gasteiger partial charge in [-0.05, 0) is 20.3 Å². The Hall–Kier alpha value is 0. The second kappa shape index (κ2) is 9.09. The number of hydrogen-bond acceptors (Lipinski definition) is 1. The van der Waals surface area contributed by atoms with E-state index in [1.807, 2.05) is 0 Å². The summed E-state index contributed by atoms with van der Waals surface area (Å²) in [5.41, 5.74) is 0. The average molecular weight is 285 g/mol. The zero-order valence-corrected chi connectivity index (χ0v) is 10.7. The van der Waals surface area contributed by atoms with Crippen molar-refractivity contribution in [2.75, 3.05) is 13.6 Å². The number of guanidine groups is 1. The molecular formula is C8H20IN3. The predicted molar refractivity (Wildman–Crippen MR) is 65.3 cm³/mol. The maximum Gasteiger partial charge on any atom is 0.191 e. The molecule has 0 heterocycles. The molecule has 0 aromatic heterocycles. The van der Waals surface area contributed by atoms with E-state index in [1.54, 1.807) is 7.05 Å². The molecule has 0 saturated heterocycles. The van der Waals surface area contributed by atoms with Crippen LogP contribution in [0.5, 0.6) is 0 Å². The van der Waals surface area contributed by atoms with Crippen LogP contribution < -0.4 is 10.6 Å². The molecule has 1 atom stereocenters. The molecule has 0 spiro atoms. The van der Waals surface area contributed by atoms with Gasteiger partial charge < -0.3 is 10.6 Å². The van der Waals surface area contributed by atoms with E-state index in [1.165, 1.54) is 0 Å². The van der Waals surface area contributed by atoms with Crippen molar-refractivity contribution in [1.82, 2.24) is 10.6 Å². The third-order valence-corrected chi connectivity index (χ3v) is 1.56. The van der Waals surface area contributed by atoms with E-state index in [2.05, 4.69) is 36.4 Å². The molecule has 0 bridgehead atoms. The Labute approximate surface area is 92.4 Å². The minimum absolute atomic E-state index is 0. The molecule has 0 saturated carbocycles. The number of rotatable bonds is 3. The number of nitrogens with one attached hydrogen (secondary N) is 2. The van der Waals surface area contributed by atoms with Crippen molar-refractivity contribution in [1.29, 1.82) is 0 Å². The number of nitrogens with zero attached hydrogens (tertiary/aromatic N) is 1. The smallest absolute Gasteiger partial charge is 0.191 e. The van der Waals surface area contributed by atoms with Gasteiger partial charge in [0, 0.05) is 19.6 Å². The van der Waals surface area contributed by atoms with Gasteiger partial charge in [-0.1, -0.05) is 6.92 Å². The van der Waals surface area contributed by atoms with Crippen LogP contribution in [0.25, 0.3) is 0 Å². The van der Waals surface area contributed by atoms with Gasteiger partial charge in [0.2, 0.25) is 0 Å². The predicted octanol–water partition coefficient (Wildman–Crippen LogP) is 1.59. The van der Waals surface area contributed by atoms with E-state index in [-0.39, 0.29) is 24.0 Å². The van der Waals surface area contributed by atoms with Gasteiger partial charge in [-0.3, -0.25) is 4.99 Å². The van der Waals surface area contributed by atoms with Gasteiger partial charge in [-0.15, -0.1) is 24.0 Å². The van der Waals surface area contributed by atoms with Crippen LogP contribution in [0.2, 0.25) is 0 Å². The zero-order chi connectivity index (χ0) is 8.69. The maximum absolute atomic E-state index is 4.06. The maximum atomic E-state index is 4.06. The van der Waals surface area contributed by atoms with Crippen LogP contribution in [0.15, 0.2) is 4.99 Å². The molecular weight excluding hydrogens is 265 g/mol. The van der Waals surface area contributed by atoms with Crippen LogP contribution in [-0.2, 0) is 0 Å². The fourth-order valence-corrected chi connectivity index (χ4v) is 0.698. The molecule has 2 N–H and O–H groups in total. The summed E-state index contributed by atoms with van der Waals surface area (Å²) in [6.07, 6.45) is 1.12. The monoisotopic (exact) mass is 285 g/mol. The number of halogens is 1. The molecule has 4 heteroatoms.